The minimum absolute atomic E-state index is 0.0195. The third-order valence-electron chi connectivity index (χ3n) is 2.97. The van der Waals surface area contributed by atoms with Gasteiger partial charge >= 0.3 is 0 Å². The molecule has 0 bridgehead atoms. The Morgan fingerprint density at radius 1 is 1.28 bits per heavy atom. The van der Waals surface area contributed by atoms with E-state index in [9.17, 15) is 0 Å². The van der Waals surface area contributed by atoms with Crippen molar-refractivity contribution in [2.24, 2.45) is 0 Å². The molecule has 0 radical (unpaired) electrons. The Morgan fingerprint density at radius 3 is 2.72 bits per heavy atom. The highest BCUT2D eigenvalue weighted by Gasteiger charge is 2.09. The largest absolute Gasteiger partial charge is 0.383 e. The zero-order valence-electron chi connectivity index (χ0n) is 10.4. The second-order valence-corrected chi connectivity index (χ2v) is 5.00. The van der Waals surface area contributed by atoms with Gasteiger partial charge in [-0.25, -0.2) is 4.98 Å². The van der Waals surface area contributed by atoms with Crippen LogP contribution in [0.3, 0.4) is 0 Å². The molecule has 1 aromatic carbocycles. The number of anilines is 1. The molecular formula is C15H17ClN2. The average Bonchev–Trinajstić information content (AvgIpc) is 2.40. The molecule has 2 aromatic rings. The molecule has 2 N–H and O–H groups in total. The van der Waals surface area contributed by atoms with Crippen molar-refractivity contribution < 1.29 is 0 Å². The van der Waals surface area contributed by atoms with Crippen molar-refractivity contribution in [2.75, 3.05) is 5.73 Å². The molecule has 1 aromatic heterocycles. The Bertz CT molecular complexity index is 511. The molecule has 2 rings (SSSR count). The third kappa shape index (κ3) is 3.23. The number of pyridine rings is 1. The van der Waals surface area contributed by atoms with Crippen LogP contribution in [0.5, 0.6) is 0 Å². The van der Waals surface area contributed by atoms with E-state index in [1.807, 2.05) is 25.1 Å². The van der Waals surface area contributed by atoms with E-state index in [0.717, 1.165) is 29.5 Å². The molecule has 1 heterocycles. The molecule has 0 saturated heterocycles. The van der Waals surface area contributed by atoms with Crippen molar-refractivity contribution in [2.45, 2.75) is 25.1 Å². The summed E-state index contributed by atoms with van der Waals surface area (Å²) in [6.45, 7) is 2.02. The standard InChI is InChI=1S/C15H17ClN2/c1-11-9-13(15(17)18-10-11)7-8-14(16)12-5-3-2-4-6-12/h2-6,9-10,14H,7-8H2,1H3,(H2,17,18). The highest BCUT2D eigenvalue weighted by Crippen LogP contribution is 2.26. The number of nitrogen functional groups attached to an aromatic ring is 1. The maximum Gasteiger partial charge on any atom is 0.126 e. The van der Waals surface area contributed by atoms with Gasteiger partial charge in [0.25, 0.3) is 0 Å². The first kappa shape index (κ1) is 12.9. The molecule has 0 amide bonds. The minimum Gasteiger partial charge on any atom is -0.383 e. The molecule has 0 aliphatic rings. The van der Waals surface area contributed by atoms with Gasteiger partial charge in [-0.15, -0.1) is 11.6 Å². The van der Waals surface area contributed by atoms with Crippen LogP contribution in [-0.4, -0.2) is 4.98 Å². The summed E-state index contributed by atoms with van der Waals surface area (Å²) in [6, 6.07) is 12.2. The van der Waals surface area contributed by atoms with E-state index in [1.54, 1.807) is 6.20 Å². The van der Waals surface area contributed by atoms with Gasteiger partial charge in [-0.3, -0.25) is 0 Å². The smallest absolute Gasteiger partial charge is 0.126 e. The van der Waals surface area contributed by atoms with Gasteiger partial charge in [-0.05, 0) is 36.5 Å². The van der Waals surface area contributed by atoms with Crippen LogP contribution in [0.25, 0.3) is 0 Å². The Hall–Kier alpha value is -1.54. The fraction of sp³-hybridized carbons (Fsp3) is 0.267. The van der Waals surface area contributed by atoms with E-state index in [-0.39, 0.29) is 5.38 Å². The predicted octanol–water partition coefficient (Wildman–Crippen LogP) is 3.88. The number of aryl methyl sites for hydroxylation is 2. The first-order valence-corrected chi connectivity index (χ1v) is 6.50. The summed E-state index contributed by atoms with van der Waals surface area (Å²) in [5.41, 5.74) is 9.22. The molecule has 1 unspecified atom stereocenters. The molecule has 3 heteroatoms. The topological polar surface area (TPSA) is 38.9 Å². The number of nitrogens with two attached hydrogens (primary N) is 1. The van der Waals surface area contributed by atoms with E-state index < -0.39 is 0 Å². The summed E-state index contributed by atoms with van der Waals surface area (Å²) in [6.07, 6.45) is 3.50. The first-order valence-electron chi connectivity index (χ1n) is 6.07. The van der Waals surface area contributed by atoms with Gasteiger partial charge in [-0.2, -0.15) is 0 Å². The van der Waals surface area contributed by atoms with Gasteiger partial charge in [0, 0.05) is 6.20 Å². The average molecular weight is 261 g/mol. The highest BCUT2D eigenvalue weighted by atomic mass is 35.5. The number of halogens is 1. The first-order chi connectivity index (χ1) is 8.66. The number of hydrogen-bond donors (Lipinski definition) is 1. The summed E-state index contributed by atoms with van der Waals surface area (Å²) in [4.78, 5) is 4.16. The van der Waals surface area contributed by atoms with Crippen molar-refractivity contribution in [1.29, 1.82) is 0 Å². The van der Waals surface area contributed by atoms with E-state index >= 15 is 0 Å². The molecule has 2 nitrogen and oxygen atoms in total. The molecule has 0 saturated carbocycles. The predicted molar refractivity (Wildman–Crippen MR) is 76.7 cm³/mol. The fourth-order valence-electron chi connectivity index (χ4n) is 1.95. The van der Waals surface area contributed by atoms with Gasteiger partial charge in [0.2, 0.25) is 0 Å². The van der Waals surface area contributed by atoms with E-state index in [2.05, 4.69) is 23.2 Å². The Kier molecular flexibility index (Phi) is 4.21. The number of benzene rings is 1. The Morgan fingerprint density at radius 2 is 2.00 bits per heavy atom. The zero-order chi connectivity index (χ0) is 13.0. The molecule has 0 aliphatic heterocycles. The van der Waals surface area contributed by atoms with Crippen molar-refractivity contribution in [3.63, 3.8) is 0 Å². The van der Waals surface area contributed by atoms with Crippen molar-refractivity contribution in [3.05, 3.63) is 59.3 Å². The summed E-state index contributed by atoms with van der Waals surface area (Å²) in [5, 5.41) is 0.0195. The highest BCUT2D eigenvalue weighted by molar-refractivity contribution is 6.20. The SMILES string of the molecule is Cc1cnc(N)c(CCC(Cl)c2ccccc2)c1. The Balaban J connectivity index is 2.01. The van der Waals surface area contributed by atoms with E-state index in [4.69, 9.17) is 17.3 Å². The van der Waals surface area contributed by atoms with Crippen molar-refractivity contribution in [1.82, 2.24) is 4.98 Å². The lowest BCUT2D eigenvalue weighted by Crippen LogP contribution is -2.00. The van der Waals surface area contributed by atoms with Gasteiger partial charge in [0.15, 0.2) is 0 Å². The number of rotatable bonds is 4. The minimum atomic E-state index is 0.0195. The summed E-state index contributed by atoms with van der Waals surface area (Å²) >= 11 is 6.39. The van der Waals surface area contributed by atoms with Crippen LogP contribution in [-0.2, 0) is 6.42 Å². The number of hydrogen-bond acceptors (Lipinski definition) is 2. The number of nitrogens with zero attached hydrogens (tertiary/aromatic N) is 1. The summed E-state index contributed by atoms with van der Waals surface area (Å²) in [5.74, 6) is 0.609. The normalized spacial score (nSPS) is 12.3. The quantitative estimate of drug-likeness (QED) is 0.847. The van der Waals surface area contributed by atoms with Gasteiger partial charge < -0.3 is 5.73 Å². The molecule has 1 atom stereocenters. The van der Waals surface area contributed by atoms with Crippen LogP contribution < -0.4 is 5.73 Å². The van der Waals surface area contributed by atoms with Crippen LogP contribution >= 0.6 is 11.6 Å². The maximum absolute atomic E-state index is 6.39. The van der Waals surface area contributed by atoms with Crippen molar-refractivity contribution in [3.8, 4) is 0 Å². The van der Waals surface area contributed by atoms with Gasteiger partial charge in [0.05, 0.1) is 5.38 Å². The zero-order valence-corrected chi connectivity index (χ0v) is 11.2. The monoisotopic (exact) mass is 260 g/mol. The van der Waals surface area contributed by atoms with Crippen LogP contribution in [0, 0.1) is 6.92 Å². The Labute approximate surface area is 113 Å². The van der Waals surface area contributed by atoms with Crippen LogP contribution in [0.1, 0.15) is 28.5 Å². The van der Waals surface area contributed by atoms with Crippen molar-refractivity contribution >= 4 is 17.4 Å². The van der Waals surface area contributed by atoms with Gasteiger partial charge in [-0.1, -0.05) is 36.4 Å². The van der Waals surface area contributed by atoms with Crippen LogP contribution in [0.15, 0.2) is 42.6 Å². The lowest BCUT2D eigenvalue weighted by atomic mass is 10.0. The third-order valence-corrected chi connectivity index (χ3v) is 3.44. The molecule has 0 spiro atoms. The van der Waals surface area contributed by atoms with Crippen LogP contribution in [0.2, 0.25) is 0 Å². The fourth-order valence-corrected chi connectivity index (χ4v) is 2.21. The van der Waals surface area contributed by atoms with Gasteiger partial charge in [0.1, 0.15) is 5.82 Å². The lowest BCUT2D eigenvalue weighted by molar-refractivity contribution is 0.792. The lowest BCUT2D eigenvalue weighted by Gasteiger charge is -2.11. The number of alkyl halides is 1. The second-order valence-electron chi connectivity index (χ2n) is 4.47. The second kappa shape index (κ2) is 5.87. The van der Waals surface area contributed by atoms with E-state index in [1.165, 1.54) is 0 Å². The molecule has 0 fully saturated rings. The molecule has 18 heavy (non-hydrogen) atoms. The number of aromatic nitrogens is 1. The summed E-state index contributed by atoms with van der Waals surface area (Å²) in [7, 11) is 0. The maximum atomic E-state index is 6.39. The molecule has 94 valence electrons. The van der Waals surface area contributed by atoms with E-state index in [0.29, 0.717) is 5.82 Å². The summed E-state index contributed by atoms with van der Waals surface area (Å²) < 4.78 is 0. The van der Waals surface area contributed by atoms with Crippen LogP contribution in [0.4, 0.5) is 5.82 Å². The molecule has 0 aliphatic carbocycles. The molecular weight excluding hydrogens is 244 g/mol.